The summed E-state index contributed by atoms with van der Waals surface area (Å²) >= 11 is 0. The molecular weight excluding hydrogens is 314 g/mol. The number of anilines is 1. The third-order valence-electron chi connectivity index (χ3n) is 4.49. The smallest absolute Gasteiger partial charge is 0.277 e. The highest BCUT2D eigenvalue weighted by atomic mass is 16.2. The van der Waals surface area contributed by atoms with Crippen LogP contribution in [0.5, 0.6) is 0 Å². The zero-order valence-electron chi connectivity index (χ0n) is 14.6. The lowest BCUT2D eigenvalue weighted by Crippen LogP contribution is -2.27. The second-order valence-corrected chi connectivity index (χ2v) is 6.49. The van der Waals surface area contributed by atoms with Crippen molar-refractivity contribution in [2.75, 3.05) is 18.4 Å². The standard InChI is InChI=1S/C19H25N5O/c1-15-7-5-6-10-17(15)21-19(25)18-14-24(23-22-18)12-11-20-13-16-8-3-2-4-9-16/h2-3,5-7,10,14,16,20H,4,8-9,11-13H2,1H3,(H,21,25)/t16-/m0/s1. The highest BCUT2D eigenvalue weighted by Crippen LogP contribution is 2.16. The van der Waals surface area contributed by atoms with Gasteiger partial charge in [-0.1, -0.05) is 35.6 Å². The van der Waals surface area contributed by atoms with Gasteiger partial charge in [0.25, 0.3) is 5.91 Å². The van der Waals surface area contributed by atoms with Crippen molar-refractivity contribution in [3.05, 3.63) is 53.9 Å². The average Bonchev–Trinajstić information content (AvgIpc) is 3.11. The summed E-state index contributed by atoms with van der Waals surface area (Å²) in [5.74, 6) is 0.499. The van der Waals surface area contributed by atoms with Gasteiger partial charge in [0, 0.05) is 12.2 Å². The fourth-order valence-corrected chi connectivity index (χ4v) is 2.95. The Morgan fingerprint density at radius 1 is 1.32 bits per heavy atom. The molecule has 3 rings (SSSR count). The maximum Gasteiger partial charge on any atom is 0.277 e. The molecule has 0 unspecified atom stereocenters. The van der Waals surface area contributed by atoms with Gasteiger partial charge in [0.15, 0.2) is 5.69 Å². The summed E-state index contributed by atoms with van der Waals surface area (Å²) in [5, 5.41) is 14.4. The Morgan fingerprint density at radius 2 is 2.20 bits per heavy atom. The van der Waals surface area contributed by atoms with Crippen LogP contribution in [0.15, 0.2) is 42.6 Å². The Balaban J connectivity index is 1.44. The summed E-state index contributed by atoms with van der Waals surface area (Å²) < 4.78 is 1.71. The molecule has 6 nitrogen and oxygen atoms in total. The van der Waals surface area contributed by atoms with Crippen molar-refractivity contribution < 1.29 is 4.79 Å². The van der Waals surface area contributed by atoms with Gasteiger partial charge in [-0.05, 0) is 50.3 Å². The highest BCUT2D eigenvalue weighted by molar-refractivity contribution is 6.02. The van der Waals surface area contributed by atoms with Crippen LogP contribution in [0.3, 0.4) is 0 Å². The number of nitrogens with zero attached hydrogens (tertiary/aromatic N) is 3. The van der Waals surface area contributed by atoms with Gasteiger partial charge in [-0.15, -0.1) is 5.10 Å². The van der Waals surface area contributed by atoms with Gasteiger partial charge in [0.2, 0.25) is 0 Å². The van der Waals surface area contributed by atoms with Crippen LogP contribution in [0, 0.1) is 12.8 Å². The van der Waals surface area contributed by atoms with Gasteiger partial charge in [-0.25, -0.2) is 0 Å². The normalized spacial score (nSPS) is 16.8. The predicted octanol–water partition coefficient (Wildman–Crippen LogP) is 2.78. The Morgan fingerprint density at radius 3 is 3.00 bits per heavy atom. The van der Waals surface area contributed by atoms with Gasteiger partial charge in [-0.3, -0.25) is 9.48 Å². The zero-order chi connectivity index (χ0) is 17.5. The largest absolute Gasteiger partial charge is 0.320 e. The van der Waals surface area contributed by atoms with Crippen molar-refractivity contribution in [1.82, 2.24) is 20.3 Å². The molecule has 0 radical (unpaired) electrons. The molecule has 0 saturated heterocycles. The van der Waals surface area contributed by atoms with Crippen molar-refractivity contribution in [2.24, 2.45) is 5.92 Å². The minimum Gasteiger partial charge on any atom is -0.320 e. The minimum absolute atomic E-state index is 0.234. The fraction of sp³-hybridized carbons (Fsp3) is 0.421. The number of aromatic nitrogens is 3. The van der Waals surface area contributed by atoms with Gasteiger partial charge in [-0.2, -0.15) is 0 Å². The average molecular weight is 339 g/mol. The van der Waals surface area contributed by atoms with Crippen LogP contribution in [0.2, 0.25) is 0 Å². The molecule has 132 valence electrons. The summed E-state index contributed by atoms with van der Waals surface area (Å²) in [6.45, 7) is 4.51. The lowest BCUT2D eigenvalue weighted by Gasteiger charge is -2.17. The van der Waals surface area contributed by atoms with Crippen LogP contribution in [0.4, 0.5) is 5.69 Å². The van der Waals surface area contributed by atoms with E-state index in [9.17, 15) is 4.79 Å². The maximum absolute atomic E-state index is 12.3. The van der Waals surface area contributed by atoms with Gasteiger partial charge in [0.05, 0.1) is 12.7 Å². The molecular formula is C19H25N5O. The highest BCUT2D eigenvalue weighted by Gasteiger charge is 2.12. The molecule has 2 aromatic rings. The Labute approximate surface area is 148 Å². The quantitative estimate of drug-likeness (QED) is 0.601. The number of benzene rings is 1. The number of hydrogen-bond acceptors (Lipinski definition) is 4. The number of rotatable bonds is 7. The lowest BCUT2D eigenvalue weighted by molar-refractivity contribution is 0.102. The summed E-state index contributed by atoms with van der Waals surface area (Å²) in [7, 11) is 0. The number of nitrogens with one attached hydrogen (secondary N) is 2. The SMILES string of the molecule is Cc1ccccc1NC(=O)c1cn(CCNC[C@H]2CC=CCC2)nn1. The molecule has 0 fully saturated rings. The first-order valence-corrected chi connectivity index (χ1v) is 8.85. The molecule has 1 aliphatic carbocycles. The van der Waals surface area contributed by atoms with Crippen LogP contribution in [0.25, 0.3) is 0 Å². The Kier molecular flexibility index (Phi) is 5.95. The van der Waals surface area contributed by atoms with Crippen LogP contribution in [-0.2, 0) is 6.54 Å². The lowest BCUT2D eigenvalue weighted by atomic mass is 9.94. The molecule has 1 heterocycles. The van der Waals surface area contributed by atoms with Gasteiger partial charge in [0.1, 0.15) is 0 Å². The first-order valence-electron chi connectivity index (χ1n) is 8.85. The van der Waals surface area contributed by atoms with Crippen molar-refractivity contribution in [1.29, 1.82) is 0 Å². The van der Waals surface area contributed by atoms with E-state index in [1.807, 2.05) is 31.2 Å². The molecule has 1 aromatic carbocycles. The minimum atomic E-state index is -0.234. The van der Waals surface area contributed by atoms with Crippen molar-refractivity contribution in [3.63, 3.8) is 0 Å². The van der Waals surface area contributed by atoms with E-state index in [0.29, 0.717) is 12.2 Å². The van der Waals surface area contributed by atoms with E-state index in [1.54, 1.807) is 10.9 Å². The maximum atomic E-state index is 12.3. The summed E-state index contributed by atoms with van der Waals surface area (Å²) in [4.78, 5) is 12.3. The summed E-state index contributed by atoms with van der Waals surface area (Å²) in [6.07, 6.45) is 9.84. The first kappa shape index (κ1) is 17.4. The molecule has 0 aliphatic heterocycles. The molecule has 0 spiro atoms. The van der Waals surface area contributed by atoms with E-state index >= 15 is 0 Å². The monoisotopic (exact) mass is 339 g/mol. The van der Waals surface area contributed by atoms with E-state index in [1.165, 1.54) is 19.3 Å². The molecule has 0 saturated carbocycles. The number of carbonyl (C=O) groups excluding carboxylic acids is 1. The third-order valence-corrected chi connectivity index (χ3v) is 4.49. The topological polar surface area (TPSA) is 71.8 Å². The van der Waals surface area contributed by atoms with Crippen LogP contribution >= 0.6 is 0 Å². The molecule has 2 N–H and O–H groups in total. The van der Waals surface area contributed by atoms with Gasteiger partial charge < -0.3 is 10.6 Å². The van der Waals surface area contributed by atoms with Crippen molar-refractivity contribution in [3.8, 4) is 0 Å². The predicted molar refractivity (Wildman–Crippen MR) is 98.5 cm³/mol. The third kappa shape index (κ3) is 5.00. The molecule has 1 amide bonds. The first-order chi connectivity index (χ1) is 12.2. The van der Waals surface area contributed by atoms with E-state index in [4.69, 9.17) is 0 Å². The van der Waals surface area contributed by atoms with Crippen LogP contribution in [0.1, 0.15) is 35.3 Å². The number of carbonyl (C=O) groups is 1. The Hall–Kier alpha value is -2.47. The number of aryl methyl sites for hydroxylation is 1. The zero-order valence-corrected chi connectivity index (χ0v) is 14.6. The Bertz CT molecular complexity index is 737. The van der Waals surface area contributed by atoms with E-state index in [2.05, 4.69) is 33.1 Å². The van der Waals surface area contributed by atoms with Crippen molar-refractivity contribution >= 4 is 11.6 Å². The van der Waals surface area contributed by atoms with Gasteiger partial charge >= 0.3 is 0 Å². The molecule has 1 aromatic heterocycles. The van der Waals surface area contributed by atoms with Crippen molar-refractivity contribution in [2.45, 2.75) is 32.7 Å². The van der Waals surface area contributed by atoms with Crippen LogP contribution < -0.4 is 10.6 Å². The summed E-state index contributed by atoms with van der Waals surface area (Å²) in [5.41, 5.74) is 2.15. The second-order valence-electron chi connectivity index (χ2n) is 6.49. The molecule has 6 heteroatoms. The molecule has 0 bridgehead atoms. The number of allylic oxidation sites excluding steroid dienone is 2. The second kappa shape index (κ2) is 8.58. The molecule has 1 aliphatic rings. The number of hydrogen-bond donors (Lipinski definition) is 2. The van der Waals surface area contributed by atoms with E-state index in [0.717, 1.165) is 30.3 Å². The number of para-hydroxylation sites is 1. The summed E-state index contributed by atoms with van der Waals surface area (Å²) in [6, 6.07) is 7.67. The fourth-order valence-electron chi connectivity index (χ4n) is 2.95. The van der Waals surface area contributed by atoms with Crippen LogP contribution in [-0.4, -0.2) is 34.0 Å². The molecule has 25 heavy (non-hydrogen) atoms. The van der Waals surface area contributed by atoms with E-state index < -0.39 is 0 Å². The number of amides is 1. The molecule has 1 atom stereocenters. The van der Waals surface area contributed by atoms with E-state index in [-0.39, 0.29) is 5.91 Å².